The van der Waals surface area contributed by atoms with Gasteiger partial charge in [0, 0.05) is 12.7 Å². The summed E-state index contributed by atoms with van der Waals surface area (Å²) in [5.74, 6) is 0.206. The zero-order valence-electron chi connectivity index (χ0n) is 9.14. The smallest absolute Gasteiger partial charge is 0.243 e. The molecule has 0 unspecified atom stereocenters. The van der Waals surface area contributed by atoms with Crippen LogP contribution in [0.2, 0.25) is 0 Å². The van der Waals surface area contributed by atoms with Crippen molar-refractivity contribution in [3.63, 3.8) is 0 Å². The van der Waals surface area contributed by atoms with Crippen LogP contribution in [0.25, 0.3) is 0 Å². The molecule has 1 heterocycles. The maximum absolute atomic E-state index is 11.8. The molecule has 1 rings (SSSR count). The molecular weight excluding hydrogens is 226 g/mol. The van der Waals surface area contributed by atoms with E-state index in [0.29, 0.717) is 6.54 Å². The molecule has 0 bridgehead atoms. The van der Waals surface area contributed by atoms with Crippen molar-refractivity contribution in [1.29, 1.82) is 5.26 Å². The van der Waals surface area contributed by atoms with Crippen molar-refractivity contribution < 1.29 is 8.42 Å². The summed E-state index contributed by atoms with van der Waals surface area (Å²) in [6, 6.07) is 4.62. The highest BCUT2D eigenvalue weighted by Gasteiger charge is 2.18. The molecule has 86 valence electrons. The molecular formula is C10H13N3O2S. The summed E-state index contributed by atoms with van der Waals surface area (Å²) < 4.78 is 26.1. The lowest BCUT2D eigenvalue weighted by Gasteiger charge is -2.09. The number of nitrogens with one attached hydrogen (secondary N) is 1. The van der Waals surface area contributed by atoms with E-state index < -0.39 is 10.0 Å². The van der Waals surface area contributed by atoms with Gasteiger partial charge in [-0.15, -0.1) is 0 Å². The van der Waals surface area contributed by atoms with E-state index in [1.807, 2.05) is 13.8 Å². The molecule has 1 aromatic rings. The van der Waals surface area contributed by atoms with Gasteiger partial charge < -0.3 is 0 Å². The van der Waals surface area contributed by atoms with Gasteiger partial charge in [0.2, 0.25) is 10.0 Å². The minimum Gasteiger partial charge on any atom is -0.244 e. The summed E-state index contributed by atoms with van der Waals surface area (Å²) in [6.07, 6.45) is 1.39. The normalized spacial score (nSPS) is 11.4. The van der Waals surface area contributed by atoms with Crippen molar-refractivity contribution in [1.82, 2.24) is 9.71 Å². The number of nitrogens with zero attached hydrogens (tertiary/aromatic N) is 2. The van der Waals surface area contributed by atoms with E-state index in [-0.39, 0.29) is 16.5 Å². The third kappa shape index (κ3) is 3.02. The lowest BCUT2D eigenvalue weighted by molar-refractivity contribution is 0.559. The van der Waals surface area contributed by atoms with Crippen LogP contribution in [0.3, 0.4) is 0 Å². The van der Waals surface area contributed by atoms with E-state index in [1.54, 1.807) is 6.07 Å². The highest BCUT2D eigenvalue weighted by molar-refractivity contribution is 7.89. The molecule has 1 N–H and O–H groups in total. The van der Waals surface area contributed by atoms with Crippen LogP contribution < -0.4 is 4.72 Å². The van der Waals surface area contributed by atoms with Crippen molar-refractivity contribution in [2.24, 2.45) is 5.92 Å². The zero-order chi connectivity index (χ0) is 12.2. The number of hydrogen-bond acceptors (Lipinski definition) is 4. The fraction of sp³-hybridized carbons (Fsp3) is 0.400. The highest BCUT2D eigenvalue weighted by Crippen LogP contribution is 2.11. The molecule has 5 nitrogen and oxygen atoms in total. The Bertz CT molecular complexity index is 503. The second-order valence-corrected chi connectivity index (χ2v) is 5.44. The molecule has 0 saturated carbocycles. The maximum Gasteiger partial charge on any atom is 0.243 e. The molecule has 0 aliphatic rings. The van der Waals surface area contributed by atoms with E-state index in [2.05, 4.69) is 9.71 Å². The number of nitriles is 1. The summed E-state index contributed by atoms with van der Waals surface area (Å²) in [5, 5.41) is 8.75. The van der Waals surface area contributed by atoms with Crippen LogP contribution in [0.15, 0.2) is 23.2 Å². The minimum atomic E-state index is -3.63. The van der Waals surface area contributed by atoms with Gasteiger partial charge >= 0.3 is 0 Å². The van der Waals surface area contributed by atoms with E-state index in [0.717, 1.165) is 0 Å². The van der Waals surface area contributed by atoms with Crippen molar-refractivity contribution in [3.05, 3.63) is 24.0 Å². The number of pyridine rings is 1. The molecule has 16 heavy (non-hydrogen) atoms. The first-order valence-electron chi connectivity index (χ1n) is 4.82. The lowest BCUT2D eigenvalue weighted by atomic mass is 10.2. The number of rotatable bonds is 4. The van der Waals surface area contributed by atoms with Gasteiger partial charge in [-0.2, -0.15) is 5.26 Å². The first kappa shape index (κ1) is 12.6. The second kappa shape index (κ2) is 5.05. The third-order valence-electron chi connectivity index (χ3n) is 1.85. The average Bonchev–Trinajstić information content (AvgIpc) is 2.26. The van der Waals surface area contributed by atoms with Crippen LogP contribution in [0.4, 0.5) is 0 Å². The molecule has 0 fully saturated rings. The van der Waals surface area contributed by atoms with Gasteiger partial charge in [-0.3, -0.25) is 0 Å². The summed E-state index contributed by atoms with van der Waals surface area (Å²) in [5.41, 5.74) is -0.0845. The fourth-order valence-electron chi connectivity index (χ4n) is 1.05. The molecule has 0 aliphatic carbocycles. The van der Waals surface area contributed by atoms with Gasteiger partial charge in [-0.1, -0.05) is 13.8 Å². The summed E-state index contributed by atoms with van der Waals surface area (Å²) in [4.78, 5) is 3.64. The Kier molecular flexibility index (Phi) is 3.99. The largest absolute Gasteiger partial charge is 0.244 e. The Morgan fingerprint density at radius 2 is 2.25 bits per heavy atom. The highest BCUT2D eigenvalue weighted by atomic mass is 32.2. The number of hydrogen-bond donors (Lipinski definition) is 1. The van der Waals surface area contributed by atoms with Crippen LogP contribution in [-0.2, 0) is 10.0 Å². The van der Waals surface area contributed by atoms with E-state index in [4.69, 9.17) is 5.26 Å². The van der Waals surface area contributed by atoms with Crippen LogP contribution in [0, 0.1) is 17.2 Å². The van der Waals surface area contributed by atoms with Gasteiger partial charge in [0.05, 0.1) is 0 Å². The summed E-state index contributed by atoms with van der Waals surface area (Å²) >= 11 is 0. The monoisotopic (exact) mass is 239 g/mol. The molecule has 6 heteroatoms. The Morgan fingerprint density at radius 3 is 2.81 bits per heavy atom. The summed E-state index contributed by atoms with van der Waals surface area (Å²) in [7, 11) is -3.63. The first-order chi connectivity index (χ1) is 7.47. The topological polar surface area (TPSA) is 82.8 Å². The van der Waals surface area contributed by atoms with Crippen LogP contribution in [0.5, 0.6) is 0 Å². The standard InChI is InChI=1S/C10H13N3O2S/c1-8(2)7-13-16(14,15)10-4-3-5-12-9(10)6-11/h3-5,8,13H,7H2,1-2H3. The molecule has 1 aromatic heterocycles. The van der Waals surface area contributed by atoms with Gasteiger partial charge in [0.25, 0.3) is 0 Å². The number of aromatic nitrogens is 1. The van der Waals surface area contributed by atoms with Gasteiger partial charge in [-0.25, -0.2) is 18.1 Å². The van der Waals surface area contributed by atoms with Gasteiger partial charge in [0.1, 0.15) is 11.0 Å². The maximum atomic E-state index is 11.8. The van der Waals surface area contributed by atoms with E-state index >= 15 is 0 Å². The second-order valence-electron chi connectivity index (χ2n) is 3.71. The number of sulfonamides is 1. The van der Waals surface area contributed by atoms with Crippen molar-refractivity contribution in [3.8, 4) is 6.07 Å². The molecule has 0 atom stereocenters. The predicted molar refractivity (Wildman–Crippen MR) is 59.0 cm³/mol. The minimum absolute atomic E-state index is 0.0712. The quantitative estimate of drug-likeness (QED) is 0.845. The van der Waals surface area contributed by atoms with Crippen molar-refractivity contribution in [2.75, 3.05) is 6.54 Å². The van der Waals surface area contributed by atoms with Gasteiger partial charge in [0.15, 0.2) is 5.69 Å². The van der Waals surface area contributed by atoms with Crippen LogP contribution >= 0.6 is 0 Å². The Morgan fingerprint density at radius 1 is 1.56 bits per heavy atom. The predicted octanol–water partition coefficient (Wildman–Crippen LogP) is 0.888. The average molecular weight is 239 g/mol. The zero-order valence-corrected chi connectivity index (χ0v) is 9.95. The molecule has 0 aromatic carbocycles. The SMILES string of the molecule is CC(C)CNS(=O)(=O)c1cccnc1C#N. The van der Waals surface area contributed by atoms with Gasteiger partial charge in [-0.05, 0) is 18.1 Å². The third-order valence-corrected chi connectivity index (χ3v) is 3.30. The van der Waals surface area contributed by atoms with Crippen molar-refractivity contribution in [2.45, 2.75) is 18.7 Å². The first-order valence-corrected chi connectivity index (χ1v) is 6.30. The van der Waals surface area contributed by atoms with Crippen LogP contribution in [0.1, 0.15) is 19.5 Å². The molecule has 0 aliphatic heterocycles. The van der Waals surface area contributed by atoms with Crippen molar-refractivity contribution >= 4 is 10.0 Å². The van der Waals surface area contributed by atoms with E-state index in [1.165, 1.54) is 18.3 Å². The Labute approximate surface area is 95.2 Å². The van der Waals surface area contributed by atoms with E-state index in [9.17, 15) is 8.42 Å². The molecule has 0 saturated heterocycles. The fourth-order valence-corrected chi connectivity index (χ4v) is 2.36. The van der Waals surface area contributed by atoms with Crippen LogP contribution in [-0.4, -0.2) is 19.9 Å². The molecule has 0 radical (unpaired) electrons. The Hall–Kier alpha value is -1.45. The summed E-state index contributed by atoms with van der Waals surface area (Å²) in [6.45, 7) is 4.13. The Balaban J connectivity index is 3.04. The molecule has 0 amide bonds. The molecule has 0 spiro atoms. The lowest BCUT2D eigenvalue weighted by Crippen LogP contribution is -2.28.